The topological polar surface area (TPSA) is 147 Å². The minimum absolute atomic E-state index is 0.0677. The van der Waals surface area contributed by atoms with Crippen molar-refractivity contribution in [2.24, 2.45) is 10.4 Å². The molecule has 4 rings (SSSR count). The number of rotatable bonds is 4. The highest BCUT2D eigenvalue weighted by Crippen LogP contribution is 2.21. The van der Waals surface area contributed by atoms with Gasteiger partial charge in [0, 0.05) is 24.3 Å². The van der Waals surface area contributed by atoms with Gasteiger partial charge in [-0.05, 0) is 22.6 Å². The van der Waals surface area contributed by atoms with Crippen LogP contribution in [0.4, 0.5) is 11.4 Å². The average Bonchev–Trinajstić information content (AvgIpc) is 3.22. The van der Waals surface area contributed by atoms with Gasteiger partial charge in [0.15, 0.2) is 0 Å². The molecule has 2 aromatic carbocycles. The Morgan fingerprint density at radius 3 is 1.58 bits per heavy atom. The van der Waals surface area contributed by atoms with Crippen molar-refractivity contribution in [3.63, 3.8) is 0 Å². The predicted octanol–water partition coefficient (Wildman–Crippen LogP) is 2.88. The van der Waals surface area contributed by atoms with Gasteiger partial charge < -0.3 is 0 Å². The molecule has 0 aliphatic carbocycles. The highest BCUT2D eigenvalue weighted by Gasteiger charge is 2.11. The highest BCUT2D eigenvalue weighted by atomic mass is 16.6. The van der Waals surface area contributed by atoms with E-state index < -0.39 is 9.85 Å². The zero-order chi connectivity index (χ0) is 18.3. The van der Waals surface area contributed by atoms with Crippen LogP contribution in [-0.4, -0.2) is 29.2 Å². The summed E-state index contributed by atoms with van der Waals surface area (Å²) in [6.45, 7) is 0. The summed E-state index contributed by atoms with van der Waals surface area (Å²) in [4.78, 5) is 28.7. The third-order valence-corrected chi connectivity index (χ3v) is 3.68. The van der Waals surface area contributed by atoms with E-state index in [-0.39, 0.29) is 11.4 Å². The second-order valence-electron chi connectivity index (χ2n) is 5.22. The quantitative estimate of drug-likeness (QED) is 0.313. The normalized spacial score (nSPS) is 11.5. The third-order valence-electron chi connectivity index (χ3n) is 3.68. The SMILES string of the molecule is O=[N+]([O-])c1ccc2c(c1)ncn2/N=N/n1cnc2cc([N+](=O)[O-])ccc21. The van der Waals surface area contributed by atoms with Crippen LogP contribution >= 0.6 is 0 Å². The summed E-state index contributed by atoms with van der Waals surface area (Å²) < 4.78 is 2.71. The van der Waals surface area contributed by atoms with Gasteiger partial charge in [-0.25, -0.2) is 19.3 Å². The Hall–Kier alpha value is -4.22. The van der Waals surface area contributed by atoms with Crippen LogP contribution in [0, 0.1) is 20.2 Å². The van der Waals surface area contributed by atoms with Gasteiger partial charge in [0.25, 0.3) is 11.4 Å². The fourth-order valence-corrected chi connectivity index (χ4v) is 2.43. The molecule has 0 fully saturated rings. The van der Waals surface area contributed by atoms with Crippen molar-refractivity contribution in [2.45, 2.75) is 0 Å². The van der Waals surface area contributed by atoms with E-state index in [9.17, 15) is 20.2 Å². The van der Waals surface area contributed by atoms with Gasteiger partial charge in [-0.2, -0.15) is 0 Å². The van der Waals surface area contributed by atoms with Crippen molar-refractivity contribution in [1.82, 2.24) is 19.3 Å². The molecule has 0 saturated carbocycles. The molecular formula is C14H8N8O4. The number of non-ortho nitro benzene ring substituents is 2. The van der Waals surface area contributed by atoms with E-state index >= 15 is 0 Å². The van der Waals surface area contributed by atoms with Crippen molar-refractivity contribution >= 4 is 33.4 Å². The highest BCUT2D eigenvalue weighted by molar-refractivity contribution is 5.78. The molecule has 0 N–H and O–H groups in total. The number of benzene rings is 2. The van der Waals surface area contributed by atoms with Crippen molar-refractivity contribution in [3.8, 4) is 0 Å². The lowest BCUT2D eigenvalue weighted by Crippen LogP contribution is -1.91. The number of hydrogen-bond donors (Lipinski definition) is 0. The molecular weight excluding hydrogens is 344 g/mol. The van der Waals surface area contributed by atoms with Crippen molar-refractivity contribution in [1.29, 1.82) is 0 Å². The third kappa shape index (κ3) is 2.50. The molecule has 26 heavy (non-hydrogen) atoms. The van der Waals surface area contributed by atoms with Crippen LogP contribution in [0.2, 0.25) is 0 Å². The molecule has 2 aromatic heterocycles. The van der Waals surface area contributed by atoms with Crippen LogP contribution in [0.3, 0.4) is 0 Å². The Labute approximate surface area is 143 Å². The maximum Gasteiger partial charge on any atom is 0.271 e. The summed E-state index contributed by atoms with van der Waals surface area (Å²) >= 11 is 0. The predicted molar refractivity (Wildman–Crippen MR) is 88.4 cm³/mol. The lowest BCUT2D eigenvalue weighted by molar-refractivity contribution is -0.384. The number of aromatic nitrogens is 4. The molecule has 2 heterocycles. The second kappa shape index (κ2) is 5.70. The first kappa shape index (κ1) is 15.3. The molecule has 0 aliphatic heterocycles. The molecule has 0 aliphatic rings. The van der Waals surface area contributed by atoms with E-state index in [1.54, 1.807) is 0 Å². The van der Waals surface area contributed by atoms with Gasteiger partial charge in [0.1, 0.15) is 12.7 Å². The molecule has 0 spiro atoms. The number of imidazole rings is 2. The zero-order valence-corrected chi connectivity index (χ0v) is 12.8. The van der Waals surface area contributed by atoms with Crippen LogP contribution in [0.1, 0.15) is 0 Å². The second-order valence-corrected chi connectivity index (χ2v) is 5.22. The monoisotopic (exact) mass is 352 g/mol. The smallest absolute Gasteiger partial charge is 0.258 e. The van der Waals surface area contributed by atoms with Crippen LogP contribution in [0.5, 0.6) is 0 Å². The number of nitrogens with zero attached hydrogens (tertiary/aromatic N) is 8. The zero-order valence-electron chi connectivity index (χ0n) is 12.8. The van der Waals surface area contributed by atoms with Crippen LogP contribution in [0.15, 0.2) is 59.5 Å². The number of hydrogen-bond acceptors (Lipinski definition) is 8. The first-order valence-corrected chi connectivity index (χ1v) is 7.18. The fourth-order valence-electron chi connectivity index (χ4n) is 2.43. The molecule has 0 radical (unpaired) electrons. The molecule has 4 aromatic rings. The van der Waals surface area contributed by atoms with E-state index in [0.29, 0.717) is 22.1 Å². The number of nitro benzene ring substituents is 2. The Kier molecular flexibility index (Phi) is 3.36. The van der Waals surface area contributed by atoms with Crippen LogP contribution in [0.25, 0.3) is 22.1 Å². The fraction of sp³-hybridized carbons (Fsp3) is 0. The lowest BCUT2D eigenvalue weighted by atomic mass is 10.3. The average molecular weight is 352 g/mol. The lowest BCUT2D eigenvalue weighted by Gasteiger charge is -1.96. The van der Waals surface area contributed by atoms with Crippen molar-refractivity contribution in [2.75, 3.05) is 0 Å². The number of fused-ring (bicyclic) bond motifs is 2. The van der Waals surface area contributed by atoms with E-state index in [0.717, 1.165) is 0 Å². The first-order valence-electron chi connectivity index (χ1n) is 7.18. The van der Waals surface area contributed by atoms with E-state index in [1.807, 2.05) is 0 Å². The van der Waals surface area contributed by atoms with Crippen LogP contribution in [-0.2, 0) is 0 Å². The van der Waals surface area contributed by atoms with Crippen LogP contribution < -0.4 is 0 Å². The molecule has 0 atom stereocenters. The Balaban J connectivity index is 1.70. The summed E-state index contributed by atoms with van der Waals surface area (Å²) in [7, 11) is 0. The van der Waals surface area contributed by atoms with Crippen molar-refractivity contribution in [3.05, 3.63) is 69.3 Å². The van der Waals surface area contributed by atoms with E-state index in [1.165, 1.54) is 58.4 Å². The maximum absolute atomic E-state index is 10.8. The number of nitro groups is 2. The van der Waals surface area contributed by atoms with Gasteiger partial charge in [-0.15, -0.1) is 0 Å². The minimum atomic E-state index is -0.503. The van der Waals surface area contributed by atoms with Gasteiger partial charge in [-0.3, -0.25) is 20.2 Å². The minimum Gasteiger partial charge on any atom is -0.258 e. The van der Waals surface area contributed by atoms with Gasteiger partial charge in [0.2, 0.25) is 0 Å². The molecule has 0 unspecified atom stereocenters. The molecule has 12 heteroatoms. The van der Waals surface area contributed by atoms with Crippen molar-refractivity contribution < 1.29 is 9.85 Å². The van der Waals surface area contributed by atoms with Gasteiger partial charge >= 0.3 is 0 Å². The summed E-state index contributed by atoms with van der Waals surface area (Å²) in [5.41, 5.74) is 1.76. The van der Waals surface area contributed by atoms with E-state index in [2.05, 4.69) is 20.4 Å². The molecule has 128 valence electrons. The molecule has 0 bridgehead atoms. The summed E-state index contributed by atoms with van der Waals surface area (Å²) in [5.74, 6) is 0. The largest absolute Gasteiger partial charge is 0.271 e. The maximum atomic E-state index is 10.8. The molecule has 12 nitrogen and oxygen atoms in total. The Morgan fingerprint density at radius 1 is 0.769 bits per heavy atom. The molecule has 0 amide bonds. The van der Waals surface area contributed by atoms with Gasteiger partial charge in [0.05, 0.1) is 31.9 Å². The van der Waals surface area contributed by atoms with Gasteiger partial charge in [-0.1, -0.05) is 0 Å². The summed E-state index contributed by atoms with van der Waals surface area (Å²) in [6, 6.07) is 8.42. The first-order chi connectivity index (χ1) is 12.5. The summed E-state index contributed by atoms with van der Waals surface area (Å²) in [5, 5.41) is 29.6. The van der Waals surface area contributed by atoms with E-state index in [4.69, 9.17) is 0 Å². The summed E-state index contributed by atoms with van der Waals surface area (Å²) in [6.07, 6.45) is 2.75. The molecule has 0 saturated heterocycles. The standard InChI is InChI=1S/C14H8N8O4/c23-21(24)9-1-3-13-11(5-9)15-7-19(13)17-18-20-8-16-12-6-10(22(25)26)2-4-14(12)20/h1-8H/b18-17+. The Bertz CT molecular complexity index is 1110. The Morgan fingerprint density at radius 2 is 1.19 bits per heavy atom.